The van der Waals surface area contributed by atoms with Gasteiger partial charge in [-0.05, 0) is 24.1 Å². The van der Waals surface area contributed by atoms with Crippen LogP contribution < -0.4 is 0 Å². The molecule has 0 bridgehead atoms. The van der Waals surface area contributed by atoms with Crippen LogP contribution >= 0.6 is 15.9 Å². The highest BCUT2D eigenvalue weighted by atomic mass is 79.9. The molecule has 1 atom stereocenters. The average molecular weight is 327 g/mol. The summed E-state index contributed by atoms with van der Waals surface area (Å²) in [6, 6.07) is 15.1. The Morgan fingerprint density at radius 2 is 1.45 bits per heavy atom. The summed E-state index contributed by atoms with van der Waals surface area (Å²) in [6.07, 6.45) is 0.640. The van der Waals surface area contributed by atoms with Crippen LogP contribution in [0.25, 0.3) is 0 Å². The van der Waals surface area contributed by atoms with E-state index < -0.39 is 5.41 Å². The van der Waals surface area contributed by atoms with Crippen LogP contribution in [0.3, 0.4) is 0 Å². The van der Waals surface area contributed by atoms with Crippen LogP contribution in [0.15, 0.2) is 53.0 Å². The van der Waals surface area contributed by atoms with Crippen molar-refractivity contribution < 1.29 is 9.59 Å². The Bertz CT molecular complexity index is 711. The number of Topliss-reactive ketones (excluding diaryl/α,β-unsaturated/α-hetero) is 2. The van der Waals surface area contributed by atoms with Crippen molar-refractivity contribution in [1.82, 2.24) is 0 Å². The van der Waals surface area contributed by atoms with E-state index in [-0.39, 0.29) is 17.5 Å². The van der Waals surface area contributed by atoms with Crippen molar-refractivity contribution >= 4 is 27.5 Å². The van der Waals surface area contributed by atoms with Crippen LogP contribution in [0, 0.1) is 5.41 Å². The minimum atomic E-state index is -0.808. The molecule has 0 amide bonds. The predicted octanol–water partition coefficient (Wildman–Crippen LogP) is 4.00. The zero-order valence-corrected chi connectivity index (χ0v) is 12.2. The zero-order chi connectivity index (χ0) is 13.9. The Kier molecular flexibility index (Phi) is 2.34. The number of hydrogen-bond acceptors (Lipinski definition) is 2. The van der Waals surface area contributed by atoms with Crippen molar-refractivity contribution in [2.24, 2.45) is 5.41 Å². The van der Waals surface area contributed by atoms with Gasteiger partial charge >= 0.3 is 0 Å². The van der Waals surface area contributed by atoms with Crippen LogP contribution in [0.2, 0.25) is 0 Å². The smallest absolute Gasteiger partial charge is 0.178 e. The summed E-state index contributed by atoms with van der Waals surface area (Å²) in [5.74, 6) is 0.0417. The number of carbonyl (C=O) groups is 2. The molecule has 1 fully saturated rings. The van der Waals surface area contributed by atoms with Crippen LogP contribution in [-0.2, 0) is 0 Å². The summed E-state index contributed by atoms with van der Waals surface area (Å²) in [7, 11) is 0. The Labute approximate surface area is 124 Å². The second-order valence-corrected chi connectivity index (χ2v) is 6.40. The Morgan fingerprint density at radius 1 is 0.900 bits per heavy atom. The first-order chi connectivity index (χ1) is 9.64. The van der Waals surface area contributed by atoms with Gasteiger partial charge in [0.2, 0.25) is 0 Å². The van der Waals surface area contributed by atoms with Gasteiger partial charge in [0.25, 0.3) is 0 Å². The van der Waals surface area contributed by atoms with Gasteiger partial charge in [-0.25, -0.2) is 0 Å². The molecular formula is C17H11BrO2. The highest BCUT2D eigenvalue weighted by molar-refractivity contribution is 9.10. The number of fused-ring (bicyclic) bond motifs is 1. The third-order valence-corrected chi connectivity index (χ3v) is 4.99. The third-order valence-electron chi connectivity index (χ3n) is 4.46. The maximum atomic E-state index is 12.6. The molecule has 2 aromatic rings. The maximum Gasteiger partial charge on any atom is 0.178 e. The van der Waals surface area contributed by atoms with Gasteiger partial charge in [0, 0.05) is 21.5 Å². The lowest BCUT2D eigenvalue weighted by Crippen LogP contribution is -2.18. The average Bonchev–Trinajstić information content (AvgIpc) is 3.19. The molecule has 0 N–H and O–H groups in total. The summed E-state index contributed by atoms with van der Waals surface area (Å²) in [6.45, 7) is 0. The molecule has 1 saturated carbocycles. The molecule has 0 radical (unpaired) electrons. The van der Waals surface area contributed by atoms with Crippen molar-refractivity contribution in [3.8, 4) is 0 Å². The van der Waals surface area contributed by atoms with Crippen molar-refractivity contribution in [3.05, 3.63) is 69.7 Å². The van der Waals surface area contributed by atoms with E-state index in [2.05, 4.69) is 15.9 Å². The summed E-state index contributed by atoms with van der Waals surface area (Å²) in [5.41, 5.74) is 1.45. The molecule has 2 nitrogen and oxygen atoms in total. The first-order valence-corrected chi connectivity index (χ1v) is 7.38. The lowest BCUT2D eigenvalue weighted by Gasteiger charge is -2.06. The van der Waals surface area contributed by atoms with Gasteiger partial charge in [0.1, 0.15) is 5.41 Å². The SMILES string of the molecule is O=C1c2ccccc2C(=O)C12CC2c1ccc(Br)cc1. The van der Waals surface area contributed by atoms with Crippen molar-refractivity contribution in [2.75, 3.05) is 0 Å². The molecule has 0 aliphatic heterocycles. The fourth-order valence-corrected chi connectivity index (χ4v) is 3.59. The Balaban J connectivity index is 1.77. The Hall–Kier alpha value is -1.74. The van der Waals surface area contributed by atoms with Crippen molar-refractivity contribution in [2.45, 2.75) is 12.3 Å². The number of ketones is 2. The van der Waals surface area contributed by atoms with Crippen molar-refractivity contribution in [3.63, 3.8) is 0 Å². The van der Waals surface area contributed by atoms with E-state index in [9.17, 15) is 9.59 Å². The molecule has 98 valence electrons. The van der Waals surface area contributed by atoms with Crippen LogP contribution in [0.4, 0.5) is 0 Å². The van der Waals surface area contributed by atoms with E-state index in [4.69, 9.17) is 0 Å². The number of benzene rings is 2. The minimum absolute atomic E-state index is 0.00557. The summed E-state index contributed by atoms with van der Waals surface area (Å²) in [4.78, 5) is 25.2. The third kappa shape index (κ3) is 1.39. The van der Waals surface area contributed by atoms with E-state index in [1.165, 1.54) is 0 Å². The molecule has 4 rings (SSSR count). The van der Waals surface area contributed by atoms with E-state index >= 15 is 0 Å². The number of carbonyl (C=O) groups excluding carboxylic acids is 2. The van der Waals surface area contributed by atoms with Crippen molar-refractivity contribution in [1.29, 1.82) is 0 Å². The quantitative estimate of drug-likeness (QED) is 0.742. The van der Waals surface area contributed by atoms with E-state index in [1.54, 1.807) is 12.1 Å². The van der Waals surface area contributed by atoms with Crippen LogP contribution in [0.1, 0.15) is 38.6 Å². The van der Waals surface area contributed by atoms with Gasteiger partial charge < -0.3 is 0 Å². The molecule has 2 aliphatic rings. The van der Waals surface area contributed by atoms with Gasteiger partial charge in [-0.3, -0.25) is 9.59 Å². The maximum absolute atomic E-state index is 12.6. The molecular weight excluding hydrogens is 316 g/mol. The fourth-order valence-electron chi connectivity index (χ4n) is 3.33. The number of halogens is 1. The normalized spacial score (nSPS) is 22.1. The Morgan fingerprint density at radius 3 is 2.00 bits per heavy atom. The highest BCUT2D eigenvalue weighted by Crippen LogP contribution is 2.65. The predicted molar refractivity (Wildman–Crippen MR) is 79.0 cm³/mol. The van der Waals surface area contributed by atoms with Crippen LogP contribution in [0.5, 0.6) is 0 Å². The van der Waals surface area contributed by atoms with Gasteiger partial charge in [-0.1, -0.05) is 52.3 Å². The van der Waals surface area contributed by atoms with Gasteiger partial charge in [0.05, 0.1) is 0 Å². The topological polar surface area (TPSA) is 34.1 Å². The fraction of sp³-hybridized carbons (Fsp3) is 0.176. The van der Waals surface area contributed by atoms with E-state index in [1.807, 2.05) is 36.4 Å². The van der Waals surface area contributed by atoms with Crippen LogP contribution in [-0.4, -0.2) is 11.6 Å². The monoisotopic (exact) mass is 326 g/mol. The number of rotatable bonds is 1. The second-order valence-electron chi connectivity index (χ2n) is 5.48. The number of hydrogen-bond donors (Lipinski definition) is 0. The van der Waals surface area contributed by atoms with E-state index in [0.717, 1.165) is 10.0 Å². The molecule has 2 aliphatic carbocycles. The molecule has 0 saturated heterocycles. The summed E-state index contributed by atoms with van der Waals surface area (Å²) >= 11 is 3.40. The van der Waals surface area contributed by atoms with Gasteiger partial charge in [0.15, 0.2) is 11.6 Å². The lowest BCUT2D eigenvalue weighted by atomic mass is 9.94. The van der Waals surface area contributed by atoms with Gasteiger partial charge in [-0.2, -0.15) is 0 Å². The first-order valence-electron chi connectivity index (χ1n) is 6.59. The lowest BCUT2D eigenvalue weighted by molar-refractivity contribution is 0.0809. The molecule has 0 aromatic heterocycles. The standard InChI is InChI=1S/C17H11BrO2/c18-11-7-5-10(6-8-11)14-9-17(14)15(19)12-3-1-2-4-13(12)16(17)20/h1-8,14H,9H2. The first kappa shape index (κ1) is 12.0. The summed E-state index contributed by atoms with van der Waals surface area (Å²) in [5, 5.41) is 0. The largest absolute Gasteiger partial charge is 0.293 e. The molecule has 20 heavy (non-hydrogen) atoms. The molecule has 1 unspecified atom stereocenters. The summed E-state index contributed by atoms with van der Waals surface area (Å²) < 4.78 is 1.00. The van der Waals surface area contributed by atoms with Gasteiger partial charge in [-0.15, -0.1) is 0 Å². The molecule has 0 heterocycles. The zero-order valence-electron chi connectivity index (χ0n) is 10.6. The second kappa shape index (κ2) is 3.89. The van der Waals surface area contributed by atoms with E-state index in [0.29, 0.717) is 17.5 Å². The molecule has 3 heteroatoms. The molecule has 1 spiro atoms. The minimum Gasteiger partial charge on any atom is -0.293 e. The molecule has 2 aromatic carbocycles. The highest BCUT2D eigenvalue weighted by Gasteiger charge is 2.68.